The Bertz CT molecular complexity index is 705. The summed E-state index contributed by atoms with van der Waals surface area (Å²) >= 11 is 0. The third kappa shape index (κ3) is 2.69. The molecule has 4 heteroatoms. The fourth-order valence-corrected chi connectivity index (χ4v) is 1.99. The van der Waals surface area contributed by atoms with Crippen molar-refractivity contribution in [3.63, 3.8) is 0 Å². The van der Waals surface area contributed by atoms with Gasteiger partial charge in [-0.1, -0.05) is 30.3 Å². The Labute approximate surface area is 152 Å². The van der Waals surface area contributed by atoms with Gasteiger partial charge in [0.15, 0.2) is 11.5 Å². The summed E-state index contributed by atoms with van der Waals surface area (Å²) in [6, 6.07) is 15.1. The standard InChI is InChI=1S/C14H10O2.2Na.2H/c15-13-6-5-11-7-9-3-1-2-4-10(9)8-12(11)14(13)16;;;;/h1-8,15-16H;;;;/q;2*+1;2*-1. The van der Waals surface area contributed by atoms with E-state index >= 15 is 0 Å². The van der Waals surface area contributed by atoms with E-state index in [1.165, 1.54) is 6.07 Å². The van der Waals surface area contributed by atoms with Gasteiger partial charge in [0.05, 0.1) is 0 Å². The molecule has 0 atom stereocenters. The van der Waals surface area contributed by atoms with Crippen molar-refractivity contribution in [2.75, 3.05) is 0 Å². The van der Waals surface area contributed by atoms with E-state index in [-0.39, 0.29) is 73.5 Å². The summed E-state index contributed by atoms with van der Waals surface area (Å²) in [6.45, 7) is 0. The molecule has 3 aromatic rings. The monoisotopic (exact) mass is 258 g/mol. The summed E-state index contributed by atoms with van der Waals surface area (Å²) in [4.78, 5) is 0. The van der Waals surface area contributed by atoms with Crippen molar-refractivity contribution in [2.24, 2.45) is 0 Å². The summed E-state index contributed by atoms with van der Waals surface area (Å²) in [6.07, 6.45) is 0. The zero-order chi connectivity index (χ0) is 11.1. The minimum atomic E-state index is -0.0808. The van der Waals surface area contributed by atoms with Gasteiger partial charge in [-0.05, 0) is 34.4 Å². The van der Waals surface area contributed by atoms with Crippen molar-refractivity contribution >= 4 is 21.5 Å². The number of phenols is 2. The van der Waals surface area contributed by atoms with E-state index in [0.717, 1.165) is 16.2 Å². The second-order valence-corrected chi connectivity index (χ2v) is 3.85. The average molecular weight is 258 g/mol. The van der Waals surface area contributed by atoms with Crippen LogP contribution in [0.25, 0.3) is 21.5 Å². The minimum Gasteiger partial charge on any atom is -1.00 e. The molecule has 0 saturated carbocycles. The smallest absolute Gasteiger partial charge is 1.00 e. The van der Waals surface area contributed by atoms with Gasteiger partial charge in [0.2, 0.25) is 0 Å². The van der Waals surface area contributed by atoms with Crippen molar-refractivity contribution in [1.29, 1.82) is 0 Å². The maximum absolute atomic E-state index is 9.77. The average Bonchev–Trinajstić information content (AvgIpc) is 2.32. The van der Waals surface area contributed by atoms with Gasteiger partial charge in [-0.15, -0.1) is 0 Å². The number of fused-ring (bicyclic) bond motifs is 2. The molecule has 0 aromatic heterocycles. The van der Waals surface area contributed by atoms with Crippen LogP contribution in [0.2, 0.25) is 0 Å². The summed E-state index contributed by atoms with van der Waals surface area (Å²) in [5.41, 5.74) is 0. The molecule has 18 heavy (non-hydrogen) atoms. The van der Waals surface area contributed by atoms with Gasteiger partial charge in [-0.3, -0.25) is 0 Å². The zero-order valence-electron chi connectivity index (χ0n) is 12.5. The molecule has 0 radical (unpaired) electrons. The predicted octanol–water partition coefficient (Wildman–Crippen LogP) is -2.36. The van der Waals surface area contributed by atoms with E-state index in [2.05, 4.69) is 0 Å². The molecule has 0 aliphatic carbocycles. The summed E-state index contributed by atoms with van der Waals surface area (Å²) < 4.78 is 0. The van der Waals surface area contributed by atoms with Gasteiger partial charge in [-0.2, -0.15) is 0 Å². The number of hydrogen-bond acceptors (Lipinski definition) is 2. The largest absolute Gasteiger partial charge is 1.00 e. The number of rotatable bonds is 0. The third-order valence-corrected chi connectivity index (χ3v) is 2.84. The Hall–Kier alpha value is -0.220. The number of hydrogen-bond donors (Lipinski definition) is 2. The number of phenolic OH excluding ortho intramolecular Hbond substituents is 2. The number of benzene rings is 3. The molecule has 0 saturated heterocycles. The van der Waals surface area contributed by atoms with E-state index < -0.39 is 0 Å². The summed E-state index contributed by atoms with van der Waals surface area (Å²) in [5.74, 6) is -0.133. The van der Waals surface area contributed by atoms with Crippen LogP contribution in [0.3, 0.4) is 0 Å². The molecule has 0 fully saturated rings. The van der Waals surface area contributed by atoms with E-state index in [9.17, 15) is 10.2 Å². The molecule has 0 unspecified atom stereocenters. The second kappa shape index (κ2) is 6.29. The second-order valence-electron chi connectivity index (χ2n) is 3.85. The van der Waals surface area contributed by atoms with Crippen LogP contribution in [-0.2, 0) is 0 Å². The molecule has 3 rings (SSSR count). The zero-order valence-corrected chi connectivity index (χ0v) is 14.5. The van der Waals surface area contributed by atoms with E-state index in [4.69, 9.17) is 0 Å². The van der Waals surface area contributed by atoms with Crippen LogP contribution in [0.5, 0.6) is 11.5 Å². The van der Waals surface area contributed by atoms with Crippen LogP contribution in [0.1, 0.15) is 2.85 Å². The van der Waals surface area contributed by atoms with E-state index in [1.54, 1.807) is 6.07 Å². The van der Waals surface area contributed by atoms with Gasteiger partial charge < -0.3 is 13.1 Å². The van der Waals surface area contributed by atoms with Crippen molar-refractivity contribution < 1.29 is 72.2 Å². The van der Waals surface area contributed by atoms with Crippen molar-refractivity contribution in [1.82, 2.24) is 0 Å². The van der Waals surface area contributed by atoms with Gasteiger partial charge >= 0.3 is 59.1 Å². The van der Waals surface area contributed by atoms with Crippen LogP contribution in [0, 0.1) is 0 Å². The molecule has 0 aliphatic heterocycles. The maximum Gasteiger partial charge on any atom is 1.00 e. The van der Waals surface area contributed by atoms with Crippen LogP contribution in [0.4, 0.5) is 0 Å². The van der Waals surface area contributed by atoms with Gasteiger partial charge in [0.1, 0.15) is 0 Å². The van der Waals surface area contributed by atoms with Crippen molar-refractivity contribution in [3.05, 3.63) is 48.5 Å². The first-order valence-corrected chi connectivity index (χ1v) is 5.09. The third-order valence-electron chi connectivity index (χ3n) is 2.84. The van der Waals surface area contributed by atoms with Crippen LogP contribution < -0.4 is 59.1 Å². The Morgan fingerprint density at radius 3 is 2.00 bits per heavy atom. The Kier molecular flexibility index (Phi) is 5.53. The first-order chi connectivity index (χ1) is 7.75. The van der Waals surface area contributed by atoms with E-state index in [0.29, 0.717) is 5.39 Å². The van der Waals surface area contributed by atoms with Crippen LogP contribution >= 0.6 is 0 Å². The van der Waals surface area contributed by atoms with Crippen molar-refractivity contribution in [3.8, 4) is 11.5 Å². The Morgan fingerprint density at radius 2 is 1.33 bits per heavy atom. The van der Waals surface area contributed by atoms with Gasteiger partial charge in [-0.25, -0.2) is 0 Å². The molecule has 0 spiro atoms. The maximum atomic E-state index is 9.77. The molecular weight excluding hydrogens is 246 g/mol. The molecule has 0 aliphatic rings. The summed E-state index contributed by atoms with van der Waals surface area (Å²) in [5, 5.41) is 23.0. The molecule has 2 N–H and O–H groups in total. The molecular formula is C14H12Na2O2. The molecule has 3 aromatic carbocycles. The normalized spacial score (nSPS) is 9.78. The fraction of sp³-hybridized carbons (Fsp3) is 0. The Balaban J connectivity index is 0. The molecule has 82 valence electrons. The van der Waals surface area contributed by atoms with Crippen molar-refractivity contribution in [2.45, 2.75) is 0 Å². The van der Waals surface area contributed by atoms with Crippen LogP contribution in [0.15, 0.2) is 48.5 Å². The number of aromatic hydroxyl groups is 2. The SMILES string of the molecule is Oc1ccc2cc3ccccc3cc2c1O.[H-].[H-].[Na+].[Na+]. The topological polar surface area (TPSA) is 40.5 Å². The molecule has 0 amide bonds. The first-order valence-electron chi connectivity index (χ1n) is 5.09. The Morgan fingerprint density at radius 1 is 0.722 bits per heavy atom. The van der Waals surface area contributed by atoms with Gasteiger partial charge in [0, 0.05) is 5.39 Å². The van der Waals surface area contributed by atoms with Crippen LogP contribution in [-0.4, -0.2) is 10.2 Å². The first kappa shape index (κ1) is 15.8. The molecule has 0 heterocycles. The molecule has 0 bridgehead atoms. The molecule has 2 nitrogen and oxygen atoms in total. The van der Waals surface area contributed by atoms with E-state index in [1.807, 2.05) is 36.4 Å². The summed E-state index contributed by atoms with van der Waals surface area (Å²) in [7, 11) is 0. The quantitative estimate of drug-likeness (QED) is 0.269. The van der Waals surface area contributed by atoms with Gasteiger partial charge in [0.25, 0.3) is 0 Å². The minimum absolute atomic E-state index is 0. The predicted molar refractivity (Wildman–Crippen MR) is 67.0 cm³/mol. The fourth-order valence-electron chi connectivity index (χ4n) is 1.99.